The SMILES string of the molecule is CCC(CC(C)C(=O)O)N1CCCCC1. The first-order chi connectivity index (χ1) is 7.15. The predicted octanol–water partition coefficient (Wildman–Crippen LogP) is 2.36. The lowest BCUT2D eigenvalue weighted by Crippen LogP contribution is -2.40. The molecule has 0 amide bonds. The van der Waals surface area contributed by atoms with Gasteiger partial charge in [-0.05, 0) is 38.8 Å². The molecule has 3 nitrogen and oxygen atoms in total. The van der Waals surface area contributed by atoms with Gasteiger partial charge in [-0.15, -0.1) is 0 Å². The van der Waals surface area contributed by atoms with E-state index < -0.39 is 5.97 Å². The van der Waals surface area contributed by atoms with E-state index in [2.05, 4.69) is 11.8 Å². The van der Waals surface area contributed by atoms with Crippen LogP contribution in [0.2, 0.25) is 0 Å². The third kappa shape index (κ3) is 3.82. The molecule has 1 N–H and O–H groups in total. The van der Waals surface area contributed by atoms with Crippen LogP contribution in [0, 0.1) is 5.92 Å². The molecule has 2 atom stereocenters. The van der Waals surface area contributed by atoms with Gasteiger partial charge in [0.2, 0.25) is 0 Å². The Morgan fingerprint density at radius 3 is 2.40 bits per heavy atom. The second kappa shape index (κ2) is 6.11. The van der Waals surface area contributed by atoms with Crippen molar-refractivity contribution in [3.05, 3.63) is 0 Å². The molecule has 1 fully saturated rings. The summed E-state index contributed by atoms with van der Waals surface area (Å²) in [5, 5.41) is 8.91. The maximum absolute atomic E-state index is 10.8. The Kier molecular flexibility index (Phi) is 5.09. The van der Waals surface area contributed by atoms with Crippen molar-refractivity contribution < 1.29 is 9.90 Å². The molecule has 3 heteroatoms. The van der Waals surface area contributed by atoms with E-state index in [9.17, 15) is 4.79 Å². The van der Waals surface area contributed by atoms with Crippen LogP contribution in [0.5, 0.6) is 0 Å². The zero-order valence-corrected chi connectivity index (χ0v) is 9.91. The van der Waals surface area contributed by atoms with E-state index in [1.165, 1.54) is 19.3 Å². The van der Waals surface area contributed by atoms with Gasteiger partial charge in [-0.25, -0.2) is 0 Å². The van der Waals surface area contributed by atoms with Crippen molar-refractivity contribution in [2.24, 2.45) is 5.92 Å². The molecule has 1 aliphatic rings. The van der Waals surface area contributed by atoms with E-state index in [0.717, 1.165) is 25.9 Å². The summed E-state index contributed by atoms with van der Waals surface area (Å²) in [5.41, 5.74) is 0. The van der Waals surface area contributed by atoms with E-state index in [-0.39, 0.29) is 5.92 Å². The van der Waals surface area contributed by atoms with Gasteiger partial charge in [0.1, 0.15) is 0 Å². The van der Waals surface area contributed by atoms with E-state index in [1.54, 1.807) is 0 Å². The molecule has 0 spiro atoms. The van der Waals surface area contributed by atoms with Crippen molar-refractivity contribution in [2.75, 3.05) is 13.1 Å². The van der Waals surface area contributed by atoms with Crippen LogP contribution in [-0.2, 0) is 4.79 Å². The number of carbonyl (C=O) groups is 1. The highest BCUT2D eigenvalue weighted by Gasteiger charge is 2.23. The van der Waals surface area contributed by atoms with Crippen molar-refractivity contribution >= 4 is 5.97 Å². The topological polar surface area (TPSA) is 40.5 Å². The summed E-state index contributed by atoms with van der Waals surface area (Å²) in [6.07, 6.45) is 5.75. The van der Waals surface area contributed by atoms with Crippen molar-refractivity contribution in [1.82, 2.24) is 4.90 Å². The normalized spacial score (nSPS) is 22.3. The monoisotopic (exact) mass is 213 g/mol. The lowest BCUT2D eigenvalue weighted by atomic mass is 9.97. The molecule has 0 saturated carbocycles. The second-order valence-electron chi connectivity index (χ2n) is 4.63. The third-order valence-electron chi connectivity index (χ3n) is 3.43. The summed E-state index contributed by atoms with van der Waals surface area (Å²) in [6, 6.07) is 0.469. The van der Waals surface area contributed by atoms with Gasteiger partial charge < -0.3 is 10.0 Å². The van der Waals surface area contributed by atoms with Crippen molar-refractivity contribution in [3.8, 4) is 0 Å². The first-order valence-electron chi connectivity index (χ1n) is 6.12. The van der Waals surface area contributed by atoms with Gasteiger partial charge in [0, 0.05) is 6.04 Å². The summed E-state index contributed by atoms with van der Waals surface area (Å²) in [4.78, 5) is 13.3. The fraction of sp³-hybridized carbons (Fsp3) is 0.917. The average Bonchev–Trinajstić information content (AvgIpc) is 2.26. The third-order valence-corrected chi connectivity index (χ3v) is 3.43. The number of nitrogens with zero attached hydrogens (tertiary/aromatic N) is 1. The van der Waals surface area contributed by atoms with Gasteiger partial charge in [0.05, 0.1) is 5.92 Å². The molecular formula is C12H23NO2. The molecule has 15 heavy (non-hydrogen) atoms. The number of aliphatic carboxylic acids is 1. The van der Waals surface area contributed by atoms with Crippen LogP contribution in [0.15, 0.2) is 0 Å². The molecule has 1 heterocycles. The standard InChI is InChI=1S/C12H23NO2/c1-3-11(9-10(2)12(14)15)13-7-5-4-6-8-13/h10-11H,3-9H2,1-2H3,(H,14,15). The first-order valence-corrected chi connectivity index (χ1v) is 6.12. The molecule has 0 aromatic carbocycles. The van der Waals surface area contributed by atoms with Gasteiger partial charge in [0.25, 0.3) is 0 Å². The molecule has 88 valence electrons. The molecule has 0 aromatic heterocycles. The lowest BCUT2D eigenvalue weighted by Gasteiger charge is -2.34. The number of hydrogen-bond acceptors (Lipinski definition) is 2. The number of hydrogen-bond donors (Lipinski definition) is 1. The second-order valence-corrected chi connectivity index (χ2v) is 4.63. The van der Waals surface area contributed by atoms with Crippen LogP contribution in [0.25, 0.3) is 0 Å². The van der Waals surface area contributed by atoms with Crippen molar-refractivity contribution in [3.63, 3.8) is 0 Å². The minimum absolute atomic E-state index is 0.211. The summed E-state index contributed by atoms with van der Waals surface area (Å²) in [7, 11) is 0. The lowest BCUT2D eigenvalue weighted by molar-refractivity contribution is -0.141. The van der Waals surface area contributed by atoms with Crippen LogP contribution in [0.3, 0.4) is 0 Å². The number of likely N-dealkylation sites (tertiary alicyclic amines) is 1. The Morgan fingerprint density at radius 2 is 1.93 bits per heavy atom. The van der Waals surface area contributed by atoms with Gasteiger partial charge >= 0.3 is 5.97 Å². The molecule has 0 aliphatic carbocycles. The highest BCUT2D eigenvalue weighted by molar-refractivity contribution is 5.69. The number of carboxylic acid groups (broad SMARTS) is 1. The highest BCUT2D eigenvalue weighted by atomic mass is 16.4. The van der Waals surface area contributed by atoms with E-state index in [4.69, 9.17) is 5.11 Å². The van der Waals surface area contributed by atoms with Crippen LogP contribution in [0.1, 0.15) is 46.0 Å². The van der Waals surface area contributed by atoms with Crippen LogP contribution < -0.4 is 0 Å². The molecule has 0 radical (unpaired) electrons. The molecule has 0 aromatic rings. The van der Waals surface area contributed by atoms with Crippen LogP contribution in [0.4, 0.5) is 0 Å². The van der Waals surface area contributed by atoms with Gasteiger partial charge in [-0.3, -0.25) is 4.79 Å². The summed E-state index contributed by atoms with van der Waals surface area (Å²) in [5.74, 6) is -0.873. The quantitative estimate of drug-likeness (QED) is 0.762. The first kappa shape index (κ1) is 12.5. The molecule has 1 rings (SSSR count). The van der Waals surface area contributed by atoms with Crippen LogP contribution in [-0.4, -0.2) is 35.1 Å². The zero-order valence-electron chi connectivity index (χ0n) is 9.91. The molecule has 1 aliphatic heterocycles. The summed E-state index contributed by atoms with van der Waals surface area (Å²) in [6.45, 7) is 6.29. The highest BCUT2D eigenvalue weighted by Crippen LogP contribution is 2.19. The number of carboxylic acids is 1. The fourth-order valence-corrected chi connectivity index (χ4v) is 2.37. The van der Waals surface area contributed by atoms with Crippen molar-refractivity contribution in [2.45, 2.75) is 52.0 Å². The van der Waals surface area contributed by atoms with Gasteiger partial charge in [0.15, 0.2) is 0 Å². The predicted molar refractivity (Wildman–Crippen MR) is 60.9 cm³/mol. The minimum Gasteiger partial charge on any atom is -0.481 e. The Hall–Kier alpha value is -0.570. The average molecular weight is 213 g/mol. The summed E-state index contributed by atoms with van der Waals surface area (Å²) >= 11 is 0. The smallest absolute Gasteiger partial charge is 0.306 e. The number of piperidine rings is 1. The fourth-order valence-electron chi connectivity index (χ4n) is 2.37. The Labute approximate surface area is 92.5 Å². The molecule has 2 unspecified atom stereocenters. The maximum atomic E-state index is 10.8. The molecule has 0 bridgehead atoms. The van der Waals surface area contributed by atoms with E-state index >= 15 is 0 Å². The Balaban J connectivity index is 2.43. The van der Waals surface area contributed by atoms with Gasteiger partial charge in [-0.2, -0.15) is 0 Å². The largest absolute Gasteiger partial charge is 0.481 e. The maximum Gasteiger partial charge on any atom is 0.306 e. The van der Waals surface area contributed by atoms with Crippen molar-refractivity contribution in [1.29, 1.82) is 0 Å². The van der Waals surface area contributed by atoms with Gasteiger partial charge in [-0.1, -0.05) is 20.3 Å². The van der Waals surface area contributed by atoms with Crippen LogP contribution >= 0.6 is 0 Å². The number of rotatable bonds is 5. The minimum atomic E-state index is -0.662. The summed E-state index contributed by atoms with van der Waals surface area (Å²) < 4.78 is 0. The zero-order chi connectivity index (χ0) is 11.3. The Bertz CT molecular complexity index is 200. The molecular weight excluding hydrogens is 190 g/mol. The molecule has 1 saturated heterocycles. The van der Waals surface area contributed by atoms with E-state index in [1.807, 2.05) is 6.92 Å². The van der Waals surface area contributed by atoms with E-state index in [0.29, 0.717) is 6.04 Å². The Morgan fingerprint density at radius 1 is 1.33 bits per heavy atom.